The standard InChI is InChI=1S/C14H20N2O2/c1-10-3-4-11(2)14(9-10)15-12-5-7-13(8-6-12)16(17)18/h5-8,10-11,14-15H,3-4,9H2,1-2H3. The Balaban J connectivity index is 2.02. The fourth-order valence-electron chi connectivity index (χ4n) is 2.63. The second kappa shape index (κ2) is 5.38. The van der Waals surface area contributed by atoms with Gasteiger partial charge in [0.25, 0.3) is 5.69 Å². The van der Waals surface area contributed by atoms with Crippen LogP contribution >= 0.6 is 0 Å². The summed E-state index contributed by atoms with van der Waals surface area (Å²) in [5.41, 5.74) is 1.12. The number of non-ortho nitro benzene ring substituents is 1. The summed E-state index contributed by atoms with van der Waals surface area (Å²) in [6.45, 7) is 4.56. The van der Waals surface area contributed by atoms with Gasteiger partial charge in [0.05, 0.1) is 4.92 Å². The van der Waals surface area contributed by atoms with Gasteiger partial charge in [0.1, 0.15) is 0 Å². The Morgan fingerprint density at radius 1 is 1.22 bits per heavy atom. The molecule has 1 saturated carbocycles. The van der Waals surface area contributed by atoms with Gasteiger partial charge in [0, 0.05) is 23.9 Å². The number of rotatable bonds is 3. The van der Waals surface area contributed by atoms with Gasteiger partial charge < -0.3 is 5.32 Å². The predicted molar refractivity (Wildman–Crippen MR) is 72.7 cm³/mol. The molecule has 2 rings (SSSR count). The first kappa shape index (κ1) is 12.9. The summed E-state index contributed by atoms with van der Waals surface area (Å²) < 4.78 is 0. The Labute approximate surface area is 108 Å². The summed E-state index contributed by atoms with van der Waals surface area (Å²) >= 11 is 0. The molecule has 0 aromatic heterocycles. The molecule has 1 aromatic rings. The first-order valence-corrected chi connectivity index (χ1v) is 6.57. The number of nitro benzene ring substituents is 1. The lowest BCUT2D eigenvalue weighted by Gasteiger charge is -2.34. The molecule has 3 unspecified atom stereocenters. The molecule has 4 nitrogen and oxygen atoms in total. The van der Waals surface area contributed by atoms with Crippen LogP contribution in [-0.4, -0.2) is 11.0 Å². The van der Waals surface area contributed by atoms with Crippen molar-refractivity contribution in [3.63, 3.8) is 0 Å². The van der Waals surface area contributed by atoms with Gasteiger partial charge in [-0.2, -0.15) is 0 Å². The lowest BCUT2D eigenvalue weighted by Crippen LogP contribution is -2.33. The van der Waals surface area contributed by atoms with Crippen molar-refractivity contribution in [1.82, 2.24) is 0 Å². The maximum atomic E-state index is 10.6. The number of nitrogens with zero attached hydrogens (tertiary/aromatic N) is 1. The zero-order valence-electron chi connectivity index (χ0n) is 10.9. The molecule has 1 fully saturated rings. The highest BCUT2D eigenvalue weighted by atomic mass is 16.6. The number of hydrogen-bond acceptors (Lipinski definition) is 3. The zero-order valence-corrected chi connectivity index (χ0v) is 10.9. The highest BCUT2D eigenvalue weighted by molar-refractivity contribution is 5.49. The molecule has 0 saturated heterocycles. The molecule has 0 spiro atoms. The van der Waals surface area contributed by atoms with Crippen molar-refractivity contribution in [3.05, 3.63) is 34.4 Å². The van der Waals surface area contributed by atoms with E-state index in [1.54, 1.807) is 24.3 Å². The predicted octanol–water partition coefficient (Wildman–Crippen LogP) is 3.83. The smallest absolute Gasteiger partial charge is 0.269 e. The van der Waals surface area contributed by atoms with Crippen molar-refractivity contribution in [2.45, 2.75) is 39.2 Å². The van der Waals surface area contributed by atoms with Crippen LogP contribution in [0.1, 0.15) is 33.1 Å². The Hall–Kier alpha value is -1.58. The van der Waals surface area contributed by atoms with Gasteiger partial charge in [-0.25, -0.2) is 0 Å². The van der Waals surface area contributed by atoms with E-state index in [2.05, 4.69) is 19.2 Å². The Kier molecular flexibility index (Phi) is 3.84. The van der Waals surface area contributed by atoms with Gasteiger partial charge in [-0.1, -0.05) is 20.3 Å². The van der Waals surface area contributed by atoms with Gasteiger partial charge in [-0.15, -0.1) is 0 Å². The van der Waals surface area contributed by atoms with Crippen molar-refractivity contribution in [1.29, 1.82) is 0 Å². The molecule has 0 bridgehead atoms. The molecule has 4 heteroatoms. The summed E-state index contributed by atoms with van der Waals surface area (Å²) in [7, 11) is 0. The molecule has 1 aliphatic carbocycles. The van der Waals surface area contributed by atoms with Crippen LogP contribution in [0.25, 0.3) is 0 Å². The van der Waals surface area contributed by atoms with Crippen molar-refractivity contribution >= 4 is 11.4 Å². The van der Waals surface area contributed by atoms with Gasteiger partial charge >= 0.3 is 0 Å². The summed E-state index contributed by atoms with van der Waals surface area (Å²) in [4.78, 5) is 10.2. The summed E-state index contributed by atoms with van der Waals surface area (Å²) in [5.74, 6) is 1.42. The van der Waals surface area contributed by atoms with Gasteiger partial charge in [0.15, 0.2) is 0 Å². The van der Waals surface area contributed by atoms with Crippen molar-refractivity contribution < 1.29 is 4.92 Å². The van der Waals surface area contributed by atoms with E-state index in [4.69, 9.17) is 0 Å². The molecule has 1 aliphatic rings. The molecular formula is C14H20N2O2. The molecule has 0 amide bonds. The Bertz CT molecular complexity index is 416. The minimum absolute atomic E-state index is 0.144. The number of nitro groups is 1. The average Bonchev–Trinajstić information content (AvgIpc) is 2.34. The molecular weight excluding hydrogens is 228 g/mol. The monoisotopic (exact) mass is 248 g/mol. The molecule has 3 atom stereocenters. The molecule has 0 aliphatic heterocycles. The van der Waals surface area contributed by atoms with Crippen LogP contribution in [0.5, 0.6) is 0 Å². The van der Waals surface area contributed by atoms with E-state index in [1.807, 2.05) is 0 Å². The molecule has 18 heavy (non-hydrogen) atoms. The van der Waals surface area contributed by atoms with Gasteiger partial charge in [-0.3, -0.25) is 10.1 Å². The fourth-order valence-corrected chi connectivity index (χ4v) is 2.63. The summed E-state index contributed by atoms with van der Waals surface area (Å²) in [6, 6.07) is 7.18. The number of nitrogens with one attached hydrogen (secondary N) is 1. The largest absolute Gasteiger partial charge is 0.382 e. The number of anilines is 1. The third-order valence-corrected chi connectivity index (χ3v) is 3.89. The van der Waals surface area contributed by atoms with Crippen LogP contribution in [0.15, 0.2) is 24.3 Å². The topological polar surface area (TPSA) is 55.2 Å². The quantitative estimate of drug-likeness (QED) is 0.653. The first-order chi connectivity index (χ1) is 8.56. The highest BCUT2D eigenvalue weighted by Crippen LogP contribution is 2.30. The second-order valence-electron chi connectivity index (χ2n) is 5.45. The van der Waals surface area contributed by atoms with Crippen LogP contribution in [0, 0.1) is 22.0 Å². The van der Waals surface area contributed by atoms with Crippen molar-refractivity contribution in [2.24, 2.45) is 11.8 Å². The van der Waals surface area contributed by atoms with Crippen LogP contribution in [0.4, 0.5) is 11.4 Å². The molecule has 1 aromatic carbocycles. The normalized spacial score (nSPS) is 27.8. The van der Waals surface area contributed by atoms with E-state index >= 15 is 0 Å². The van der Waals surface area contributed by atoms with E-state index in [0.29, 0.717) is 12.0 Å². The SMILES string of the molecule is CC1CCC(C)C(Nc2ccc([N+](=O)[O-])cc2)C1. The lowest BCUT2D eigenvalue weighted by atomic mass is 9.80. The van der Waals surface area contributed by atoms with Crippen LogP contribution in [0.3, 0.4) is 0 Å². The van der Waals surface area contributed by atoms with Crippen LogP contribution in [-0.2, 0) is 0 Å². The zero-order chi connectivity index (χ0) is 13.1. The van der Waals surface area contributed by atoms with Crippen molar-refractivity contribution in [3.8, 4) is 0 Å². The lowest BCUT2D eigenvalue weighted by molar-refractivity contribution is -0.384. The van der Waals surface area contributed by atoms with Crippen molar-refractivity contribution in [2.75, 3.05) is 5.32 Å². The highest BCUT2D eigenvalue weighted by Gasteiger charge is 2.25. The van der Waals surface area contributed by atoms with E-state index in [0.717, 1.165) is 11.6 Å². The Morgan fingerprint density at radius 3 is 2.50 bits per heavy atom. The van der Waals surface area contributed by atoms with Crippen LogP contribution in [0.2, 0.25) is 0 Å². The third kappa shape index (κ3) is 3.00. The van der Waals surface area contributed by atoms with E-state index in [-0.39, 0.29) is 10.6 Å². The second-order valence-corrected chi connectivity index (χ2v) is 5.45. The maximum absolute atomic E-state index is 10.6. The minimum atomic E-state index is -0.366. The third-order valence-electron chi connectivity index (χ3n) is 3.89. The van der Waals surface area contributed by atoms with E-state index < -0.39 is 0 Å². The van der Waals surface area contributed by atoms with Gasteiger partial charge in [0.2, 0.25) is 0 Å². The average molecular weight is 248 g/mol. The summed E-state index contributed by atoms with van der Waals surface area (Å²) in [6.07, 6.45) is 3.74. The van der Waals surface area contributed by atoms with E-state index in [9.17, 15) is 10.1 Å². The fraction of sp³-hybridized carbons (Fsp3) is 0.571. The van der Waals surface area contributed by atoms with E-state index in [1.165, 1.54) is 19.3 Å². The first-order valence-electron chi connectivity index (χ1n) is 6.57. The molecule has 0 radical (unpaired) electrons. The van der Waals surface area contributed by atoms with Gasteiger partial charge in [-0.05, 0) is 36.8 Å². The summed E-state index contributed by atoms with van der Waals surface area (Å²) in [5, 5.41) is 14.1. The molecule has 98 valence electrons. The molecule has 0 heterocycles. The maximum Gasteiger partial charge on any atom is 0.269 e. The Morgan fingerprint density at radius 2 is 1.89 bits per heavy atom. The van der Waals surface area contributed by atoms with Crippen LogP contribution < -0.4 is 5.32 Å². The number of benzene rings is 1. The minimum Gasteiger partial charge on any atom is -0.382 e. The molecule has 1 N–H and O–H groups in total. The number of hydrogen-bond donors (Lipinski definition) is 1.